The van der Waals surface area contributed by atoms with Crippen molar-refractivity contribution in [1.29, 1.82) is 0 Å². The van der Waals surface area contributed by atoms with Crippen LogP contribution in [0.5, 0.6) is 0 Å². The van der Waals surface area contributed by atoms with Crippen molar-refractivity contribution < 1.29 is 4.79 Å². The van der Waals surface area contributed by atoms with Crippen LogP contribution in [0, 0.1) is 6.92 Å². The van der Waals surface area contributed by atoms with E-state index in [1.165, 1.54) is 23.3 Å². The van der Waals surface area contributed by atoms with Crippen LogP contribution in [0.2, 0.25) is 5.02 Å². The minimum atomic E-state index is -0.226. The first-order valence-corrected chi connectivity index (χ1v) is 11.6. The second-order valence-corrected chi connectivity index (χ2v) is 9.74. The Labute approximate surface area is 178 Å². The molecule has 4 rings (SSSR count). The summed E-state index contributed by atoms with van der Waals surface area (Å²) in [5, 5.41) is 5.52. The number of aromatic nitrogens is 2. The molecule has 1 unspecified atom stereocenters. The van der Waals surface area contributed by atoms with Crippen LogP contribution in [0.25, 0.3) is 10.2 Å². The fraction of sp³-hybridized carbons (Fsp3) is 0.381. The van der Waals surface area contributed by atoms with E-state index in [4.69, 9.17) is 11.6 Å². The number of hydrogen-bond acceptors (Lipinski definition) is 5. The third-order valence-corrected chi connectivity index (χ3v) is 7.89. The second-order valence-electron chi connectivity index (χ2n) is 7.03. The molecule has 0 radical (unpaired) electrons. The number of benzene rings is 1. The number of fused-ring (bicyclic) bond motifs is 3. The Morgan fingerprint density at radius 2 is 2.14 bits per heavy atom. The lowest BCUT2D eigenvalue weighted by atomic mass is 9.97. The van der Waals surface area contributed by atoms with E-state index in [-0.39, 0.29) is 11.2 Å². The quantitative estimate of drug-likeness (QED) is 0.395. The maximum absolute atomic E-state index is 13.0. The lowest BCUT2D eigenvalue weighted by Gasteiger charge is -2.17. The van der Waals surface area contributed by atoms with Crippen LogP contribution < -0.4 is 5.32 Å². The van der Waals surface area contributed by atoms with Gasteiger partial charge < -0.3 is 5.32 Å². The van der Waals surface area contributed by atoms with E-state index in [9.17, 15) is 4.79 Å². The fourth-order valence-corrected chi connectivity index (χ4v) is 6.06. The molecule has 1 aromatic carbocycles. The van der Waals surface area contributed by atoms with Gasteiger partial charge in [0.05, 0.1) is 5.25 Å². The summed E-state index contributed by atoms with van der Waals surface area (Å²) in [5.41, 5.74) is 3.15. The van der Waals surface area contributed by atoms with Gasteiger partial charge in [-0.3, -0.25) is 4.79 Å². The smallest absolute Gasteiger partial charge is 0.237 e. The number of amides is 1. The summed E-state index contributed by atoms with van der Waals surface area (Å²) < 4.78 is 0. The molecule has 1 N–H and O–H groups in total. The number of aryl methyl sites for hydroxylation is 3. The first-order valence-electron chi connectivity index (χ1n) is 9.55. The largest absolute Gasteiger partial charge is 0.325 e. The van der Waals surface area contributed by atoms with Gasteiger partial charge in [0.15, 0.2) is 0 Å². The van der Waals surface area contributed by atoms with Gasteiger partial charge in [-0.1, -0.05) is 36.4 Å². The summed E-state index contributed by atoms with van der Waals surface area (Å²) in [6.07, 6.45) is 7.01. The molecule has 7 heteroatoms. The van der Waals surface area contributed by atoms with Crippen molar-refractivity contribution in [2.75, 3.05) is 5.32 Å². The zero-order valence-corrected chi connectivity index (χ0v) is 18.3. The molecule has 0 bridgehead atoms. The molecule has 2 aromatic heterocycles. The predicted molar refractivity (Wildman–Crippen MR) is 119 cm³/mol. The zero-order valence-electron chi connectivity index (χ0n) is 15.9. The highest BCUT2D eigenvalue weighted by atomic mass is 35.5. The maximum atomic E-state index is 13.0. The number of halogens is 1. The van der Waals surface area contributed by atoms with Gasteiger partial charge in [0.1, 0.15) is 16.2 Å². The van der Waals surface area contributed by atoms with Gasteiger partial charge >= 0.3 is 0 Å². The summed E-state index contributed by atoms with van der Waals surface area (Å²) in [7, 11) is 0. The summed E-state index contributed by atoms with van der Waals surface area (Å²) >= 11 is 9.42. The Morgan fingerprint density at radius 1 is 1.32 bits per heavy atom. The predicted octanol–water partition coefficient (Wildman–Crippen LogP) is 6.04. The summed E-state index contributed by atoms with van der Waals surface area (Å²) in [4.78, 5) is 24.5. The Kier molecular flexibility index (Phi) is 5.90. The van der Waals surface area contributed by atoms with Gasteiger partial charge in [0.25, 0.3) is 0 Å². The Morgan fingerprint density at radius 3 is 2.96 bits per heavy atom. The molecule has 28 heavy (non-hydrogen) atoms. The highest BCUT2D eigenvalue weighted by Crippen LogP contribution is 2.40. The van der Waals surface area contributed by atoms with E-state index in [0.717, 1.165) is 39.3 Å². The molecule has 3 aromatic rings. The van der Waals surface area contributed by atoms with Crippen molar-refractivity contribution in [3.05, 3.63) is 45.6 Å². The molecule has 0 saturated heterocycles. The summed E-state index contributed by atoms with van der Waals surface area (Å²) in [6, 6.07) is 5.54. The van der Waals surface area contributed by atoms with Crippen molar-refractivity contribution in [3.8, 4) is 0 Å². The van der Waals surface area contributed by atoms with Crippen LogP contribution in [-0.4, -0.2) is 21.1 Å². The molecular formula is C21H22ClN3OS2. The van der Waals surface area contributed by atoms with Crippen LogP contribution in [-0.2, 0) is 17.6 Å². The number of hydrogen-bond donors (Lipinski definition) is 1. The van der Waals surface area contributed by atoms with Crippen molar-refractivity contribution in [1.82, 2.24) is 9.97 Å². The molecule has 4 nitrogen and oxygen atoms in total. The fourth-order valence-electron chi connectivity index (χ4n) is 3.55. The number of carbonyl (C=O) groups is 1. The number of carbonyl (C=O) groups excluding carboxylic acids is 1. The molecule has 0 fully saturated rings. The monoisotopic (exact) mass is 431 g/mol. The minimum absolute atomic E-state index is 0.0197. The van der Waals surface area contributed by atoms with E-state index >= 15 is 0 Å². The standard InChI is InChI=1S/C21H22ClN3OS2/c1-3-16(19(26)25-15-10-13(22)9-8-12(15)2)27-20-18-14-6-4-5-7-17(14)28-21(18)24-11-23-20/h8-11,16H,3-7H2,1-2H3,(H,25,26). The molecule has 2 heterocycles. The van der Waals surface area contributed by atoms with E-state index < -0.39 is 0 Å². The average Bonchev–Trinajstić information content (AvgIpc) is 3.08. The Hall–Kier alpha value is -1.63. The molecule has 0 saturated carbocycles. The van der Waals surface area contributed by atoms with E-state index in [1.807, 2.05) is 26.0 Å². The number of nitrogens with zero attached hydrogens (tertiary/aromatic N) is 2. The number of rotatable bonds is 5. The minimum Gasteiger partial charge on any atom is -0.325 e. The van der Waals surface area contributed by atoms with Crippen molar-refractivity contribution >= 4 is 56.5 Å². The number of anilines is 1. The van der Waals surface area contributed by atoms with Gasteiger partial charge in [-0.25, -0.2) is 9.97 Å². The molecular weight excluding hydrogens is 410 g/mol. The van der Waals surface area contributed by atoms with E-state index in [0.29, 0.717) is 11.4 Å². The molecule has 0 spiro atoms. The van der Waals surface area contributed by atoms with Gasteiger partial charge in [-0.05, 0) is 62.3 Å². The van der Waals surface area contributed by atoms with Crippen molar-refractivity contribution in [3.63, 3.8) is 0 Å². The number of nitrogens with one attached hydrogen (secondary N) is 1. The molecule has 1 amide bonds. The van der Waals surface area contributed by atoms with Crippen LogP contribution in [0.15, 0.2) is 29.6 Å². The SMILES string of the molecule is CCC(Sc1ncnc2sc3c(c12)CCCC3)C(=O)Nc1cc(Cl)ccc1C. The topological polar surface area (TPSA) is 54.9 Å². The highest BCUT2D eigenvalue weighted by Gasteiger charge is 2.24. The highest BCUT2D eigenvalue weighted by molar-refractivity contribution is 8.00. The third-order valence-electron chi connectivity index (χ3n) is 5.09. The first kappa shape index (κ1) is 19.7. The maximum Gasteiger partial charge on any atom is 0.237 e. The second kappa shape index (κ2) is 8.39. The molecule has 0 aliphatic heterocycles. The Bertz CT molecular complexity index is 1030. The van der Waals surface area contributed by atoms with Crippen LogP contribution in [0.4, 0.5) is 5.69 Å². The van der Waals surface area contributed by atoms with Crippen LogP contribution >= 0.6 is 34.7 Å². The van der Waals surface area contributed by atoms with Gasteiger partial charge in [-0.15, -0.1) is 11.3 Å². The van der Waals surface area contributed by atoms with Gasteiger partial charge in [0, 0.05) is 21.0 Å². The lowest BCUT2D eigenvalue weighted by Crippen LogP contribution is -2.25. The number of thioether (sulfide) groups is 1. The average molecular weight is 432 g/mol. The van der Waals surface area contributed by atoms with E-state index in [2.05, 4.69) is 15.3 Å². The molecule has 1 aliphatic carbocycles. The third kappa shape index (κ3) is 3.91. The van der Waals surface area contributed by atoms with Crippen LogP contribution in [0.1, 0.15) is 42.2 Å². The van der Waals surface area contributed by atoms with Gasteiger partial charge in [-0.2, -0.15) is 0 Å². The van der Waals surface area contributed by atoms with Crippen molar-refractivity contribution in [2.24, 2.45) is 0 Å². The van der Waals surface area contributed by atoms with Crippen LogP contribution in [0.3, 0.4) is 0 Å². The molecule has 1 aliphatic rings. The normalized spacial score (nSPS) is 14.7. The zero-order chi connectivity index (χ0) is 19.7. The van der Waals surface area contributed by atoms with Gasteiger partial charge in [0.2, 0.25) is 5.91 Å². The molecule has 1 atom stereocenters. The number of thiophene rings is 1. The Balaban J connectivity index is 1.61. The summed E-state index contributed by atoms with van der Waals surface area (Å²) in [5.74, 6) is -0.0197. The van der Waals surface area contributed by atoms with Crippen molar-refractivity contribution in [2.45, 2.75) is 56.2 Å². The van der Waals surface area contributed by atoms with E-state index in [1.54, 1.807) is 35.5 Å². The molecule has 146 valence electrons. The summed E-state index contributed by atoms with van der Waals surface area (Å²) in [6.45, 7) is 4.00. The first-order chi connectivity index (χ1) is 13.6. The lowest BCUT2D eigenvalue weighted by molar-refractivity contribution is -0.115.